The van der Waals surface area contributed by atoms with E-state index in [2.05, 4.69) is 5.32 Å². The van der Waals surface area contributed by atoms with Crippen molar-refractivity contribution in [2.45, 2.75) is 13.0 Å². The fourth-order valence-electron chi connectivity index (χ4n) is 1.29. The van der Waals surface area contributed by atoms with E-state index in [1.54, 1.807) is 18.2 Å². The van der Waals surface area contributed by atoms with E-state index >= 15 is 0 Å². The number of hydrogen-bond donors (Lipinski definition) is 2. The van der Waals surface area contributed by atoms with Crippen LogP contribution < -0.4 is 5.32 Å². The molecule has 2 N–H and O–H groups in total. The van der Waals surface area contributed by atoms with Crippen LogP contribution in [0.25, 0.3) is 0 Å². The van der Waals surface area contributed by atoms with Crippen molar-refractivity contribution in [2.75, 3.05) is 6.54 Å². The molecule has 1 aromatic rings. The number of carbonyl (C=O) groups is 1. The van der Waals surface area contributed by atoms with Gasteiger partial charge in [-0.15, -0.1) is 0 Å². The average Bonchev–Trinajstić information content (AvgIpc) is 2.11. The number of halogens is 2. The highest BCUT2D eigenvalue weighted by Crippen LogP contribution is 2.23. The van der Waals surface area contributed by atoms with Crippen molar-refractivity contribution in [1.82, 2.24) is 5.32 Å². The maximum Gasteiger partial charge on any atom is 0.325 e. The summed E-state index contributed by atoms with van der Waals surface area (Å²) >= 11 is 11.6. The Labute approximate surface area is 98.0 Å². The largest absolute Gasteiger partial charge is 0.480 e. The van der Waals surface area contributed by atoms with Crippen LogP contribution in [0.4, 0.5) is 0 Å². The summed E-state index contributed by atoms with van der Waals surface area (Å²) in [5.41, 5.74) is 0.557. The molecule has 15 heavy (non-hydrogen) atoms. The SMILES string of the molecule is CCN[C@H](C(=O)O)c1cc(Cl)cc(Cl)c1. The van der Waals surface area contributed by atoms with E-state index < -0.39 is 12.0 Å². The van der Waals surface area contributed by atoms with Gasteiger partial charge in [-0.05, 0) is 30.3 Å². The summed E-state index contributed by atoms with van der Waals surface area (Å²) in [7, 11) is 0. The zero-order chi connectivity index (χ0) is 11.4. The van der Waals surface area contributed by atoms with Gasteiger partial charge in [-0.25, -0.2) is 0 Å². The summed E-state index contributed by atoms with van der Waals surface area (Å²) in [6.45, 7) is 2.39. The number of hydrogen-bond acceptors (Lipinski definition) is 2. The molecule has 0 bridgehead atoms. The molecule has 1 rings (SSSR count). The Morgan fingerprint density at radius 3 is 2.33 bits per heavy atom. The fraction of sp³-hybridized carbons (Fsp3) is 0.300. The summed E-state index contributed by atoms with van der Waals surface area (Å²) in [4.78, 5) is 11.0. The van der Waals surface area contributed by atoms with Gasteiger partial charge in [0, 0.05) is 10.0 Å². The van der Waals surface area contributed by atoms with E-state index in [1.807, 2.05) is 6.92 Å². The van der Waals surface area contributed by atoms with Gasteiger partial charge in [0.2, 0.25) is 0 Å². The maximum atomic E-state index is 11.0. The molecule has 0 aliphatic rings. The third kappa shape index (κ3) is 3.38. The lowest BCUT2D eigenvalue weighted by Crippen LogP contribution is -2.28. The average molecular weight is 248 g/mol. The predicted octanol–water partition coefficient (Wildman–Crippen LogP) is 2.73. The number of aliphatic carboxylic acids is 1. The summed E-state index contributed by atoms with van der Waals surface area (Å²) in [5.74, 6) is -0.949. The molecule has 0 aromatic heterocycles. The number of nitrogens with one attached hydrogen (secondary N) is 1. The molecular weight excluding hydrogens is 237 g/mol. The smallest absolute Gasteiger partial charge is 0.325 e. The van der Waals surface area contributed by atoms with E-state index in [0.717, 1.165) is 0 Å². The first-order valence-electron chi connectivity index (χ1n) is 4.46. The van der Waals surface area contributed by atoms with Gasteiger partial charge in [0.05, 0.1) is 0 Å². The molecule has 1 aromatic carbocycles. The van der Waals surface area contributed by atoms with Crippen molar-refractivity contribution in [3.8, 4) is 0 Å². The van der Waals surface area contributed by atoms with Crippen molar-refractivity contribution in [2.24, 2.45) is 0 Å². The molecule has 0 unspecified atom stereocenters. The highest BCUT2D eigenvalue weighted by atomic mass is 35.5. The van der Waals surface area contributed by atoms with Crippen LogP contribution >= 0.6 is 23.2 Å². The van der Waals surface area contributed by atoms with Gasteiger partial charge in [0.15, 0.2) is 0 Å². The van der Waals surface area contributed by atoms with Crippen LogP contribution in [0.2, 0.25) is 10.0 Å². The summed E-state index contributed by atoms with van der Waals surface area (Å²) in [5, 5.41) is 12.7. The molecule has 0 radical (unpaired) electrons. The van der Waals surface area contributed by atoms with Crippen molar-refractivity contribution in [1.29, 1.82) is 0 Å². The van der Waals surface area contributed by atoms with Crippen LogP contribution in [0.15, 0.2) is 18.2 Å². The Balaban J connectivity index is 3.05. The lowest BCUT2D eigenvalue weighted by molar-refractivity contribution is -0.139. The lowest BCUT2D eigenvalue weighted by Gasteiger charge is -2.13. The fourth-order valence-corrected chi connectivity index (χ4v) is 1.84. The molecule has 0 saturated carbocycles. The minimum absolute atomic E-state index is 0.432. The first-order valence-corrected chi connectivity index (χ1v) is 5.22. The topological polar surface area (TPSA) is 49.3 Å². The van der Waals surface area contributed by atoms with Crippen molar-refractivity contribution in [3.63, 3.8) is 0 Å². The van der Waals surface area contributed by atoms with Crippen LogP contribution in [0.1, 0.15) is 18.5 Å². The van der Waals surface area contributed by atoms with Gasteiger partial charge in [-0.3, -0.25) is 4.79 Å². The van der Waals surface area contributed by atoms with Gasteiger partial charge >= 0.3 is 5.97 Å². The van der Waals surface area contributed by atoms with Gasteiger partial charge in [-0.2, -0.15) is 0 Å². The zero-order valence-corrected chi connectivity index (χ0v) is 9.64. The number of carboxylic acids is 1. The lowest BCUT2D eigenvalue weighted by atomic mass is 10.1. The normalized spacial score (nSPS) is 12.5. The molecule has 0 aliphatic carbocycles. The quantitative estimate of drug-likeness (QED) is 0.861. The first-order chi connectivity index (χ1) is 7.04. The van der Waals surface area contributed by atoms with E-state index in [9.17, 15) is 4.79 Å². The maximum absolute atomic E-state index is 11.0. The van der Waals surface area contributed by atoms with Crippen molar-refractivity contribution in [3.05, 3.63) is 33.8 Å². The highest BCUT2D eigenvalue weighted by Gasteiger charge is 2.18. The van der Waals surface area contributed by atoms with Crippen molar-refractivity contribution < 1.29 is 9.90 Å². The number of rotatable bonds is 4. The minimum Gasteiger partial charge on any atom is -0.480 e. The molecule has 82 valence electrons. The van der Waals surface area contributed by atoms with E-state index in [4.69, 9.17) is 28.3 Å². The molecular formula is C10H11Cl2NO2. The van der Waals surface area contributed by atoms with Gasteiger partial charge in [0.1, 0.15) is 6.04 Å². The Bertz CT molecular complexity index is 348. The molecule has 0 spiro atoms. The molecule has 0 aliphatic heterocycles. The summed E-state index contributed by atoms with van der Waals surface area (Å²) < 4.78 is 0. The van der Waals surface area contributed by atoms with Crippen LogP contribution in [-0.2, 0) is 4.79 Å². The molecule has 1 atom stereocenters. The second-order valence-corrected chi connectivity index (χ2v) is 3.90. The van der Waals surface area contributed by atoms with E-state index in [1.165, 1.54) is 0 Å². The monoisotopic (exact) mass is 247 g/mol. The number of likely N-dealkylation sites (N-methyl/N-ethyl adjacent to an activating group) is 1. The molecule has 0 fully saturated rings. The third-order valence-electron chi connectivity index (χ3n) is 1.87. The Morgan fingerprint density at radius 2 is 1.93 bits per heavy atom. The van der Waals surface area contributed by atoms with E-state index in [0.29, 0.717) is 22.2 Å². The van der Waals surface area contributed by atoms with Gasteiger partial charge < -0.3 is 10.4 Å². The second kappa shape index (κ2) is 5.35. The van der Waals surface area contributed by atoms with Gasteiger partial charge in [-0.1, -0.05) is 30.1 Å². The molecule has 5 heteroatoms. The van der Waals surface area contributed by atoms with Crippen molar-refractivity contribution >= 4 is 29.2 Å². The van der Waals surface area contributed by atoms with Crippen LogP contribution in [0.5, 0.6) is 0 Å². The summed E-state index contributed by atoms with van der Waals surface area (Å²) in [6.07, 6.45) is 0. The van der Waals surface area contributed by atoms with Crippen LogP contribution in [-0.4, -0.2) is 17.6 Å². The van der Waals surface area contributed by atoms with Crippen LogP contribution in [0, 0.1) is 0 Å². The van der Waals surface area contributed by atoms with Gasteiger partial charge in [0.25, 0.3) is 0 Å². The standard InChI is InChI=1S/C10H11Cl2NO2/c1-2-13-9(10(14)15)6-3-7(11)5-8(12)4-6/h3-5,9,13H,2H2,1H3,(H,14,15)/t9-/m0/s1. The number of carboxylic acid groups (broad SMARTS) is 1. The Hall–Kier alpha value is -0.770. The number of benzene rings is 1. The molecule has 0 amide bonds. The predicted molar refractivity (Wildman–Crippen MR) is 60.5 cm³/mol. The molecule has 3 nitrogen and oxygen atoms in total. The molecule has 0 heterocycles. The second-order valence-electron chi connectivity index (χ2n) is 3.03. The van der Waals surface area contributed by atoms with E-state index in [-0.39, 0.29) is 0 Å². The van der Waals surface area contributed by atoms with Crippen LogP contribution in [0.3, 0.4) is 0 Å². The Kier molecular flexibility index (Phi) is 4.39. The minimum atomic E-state index is -0.949. The highest BCUT2D eigenvalue weighted by molar-refractivity contribution is 6.34. The first kappa shape index (κ1) is 12.3. The summed E-state index contributed by atoms with van der Waals surface area (Å²) in [6, 6.07) is 3.98. The third-order valence-corrected chi connectivity index (χ3v) is 2.31. The molecule has 0 saturated heterocycles. The Morgan fingerprint density at radius 1 is 1.40 bits per heavy atom. The zero-order valence-electron chi connectivity index (χ0n) is 8.13.